The van der Waals surface area contributed by atoms with Gasteiger partial charge in [0.15, 0.2) is 0 Å². The second-order valence-corrected chi connectivity index (χ2v) is 8.24. The summed E-state index contributed by atoms with van der Waals surface area (Å²) in [7, 11) is 0. The van der Waals surface area contributed by atoms with Gasteiger partial charge in [-0.3, -0.25) is 9.59 Å². The van der Waals surface area contributed by atoms with Gasteiger partial charge in [-0.05, 0) is 48.1 Å². The standard InChI is InChI=1S/C25H30N2O2/c28-24(13-12-21-10-7-9-20-8-3-4-11-23(20)21)26-18-14-22(15-19-26)25(29)27-16-5-1-2-6-17-27/h3-4,7-13,22H,1-2,5-6,14-19H2/b13-12+. The summed E-state index contributed by atoms with van der Waals surface area (Å²) in [5.74, 6) is 0.433. The van der Waals surface area contributed by atoms with E-state index >= 15 is 0 Å². The minimum Gasteiger partial charge on any atom is -0.342 e. The van der Waals surface area contributed by atoms with Crippen LogP contribution in [0.2, 0.25) is 0 Å². The molecule has 152 valence electrons. The number of hydrogen-bond acceptors (Lipinski definition) is 2. The van der Waals surface area contributed by atoms with Gasteiger partial charge in [0.05, 0.1) is 0 Å². The Hall–Kier alpha value is -2.62. The van der Waals surface area contributed by atoms with E-state index in [0.29, 0.717) is 19.0 Å². The lowest BCUT2D eigenvalue weighted by Gasteiger charge is -2.33. The van der Waals surface area contributed by atoms with Crippen molar-refractivity contribution in [2.75, 3.05) is 26.2 Å². The monoisotopic (exact) mass is 390 g/mol. The summed E-state index contributed by atoms with van der Waals surface area (Å²) in [5, 5.41) is 2.33. The Morgan fingerprint density at radius 2 is 1.48 bits per heavy atom. The van der Waals surface area contributed by atoms with Crippen LogP contribution < -0.4 is 0 Å². The molecule has 0 unspecified atom stereocenters. The van der Waals surface area contributed by atoms with Crippen LogP contribution in [0, 0.1) is 5.92 Å². The first-order valence-corrected chi connectivity index (χ1v) is 11.0. The van der Waals surface area contributed by atoms with Gasteiger partial charge >= 0.3 is 0 Å². The fourth-order valence-electron chi connectivity index (χ4n) is 4.56. The summed E-state index contributed by atoms with van der Waals surface area (Å²) >= 11 is 0. The SMILES string of the molecule is O=C(/C=C/c1cccc2ccccc12)N1CCC(C(=O)N2CCCCCC2)CC1. The number of nitrogens with zero attached hydrogens (tertiary/aromatic N) is 2. The van der Waals surface area contributed by atoms with Crippen LogP contribution in [-0.4, -0.2) is 47.8 Å². The molecule has 4 heteroatoms. The summed E-state index contributed by atoms with van der Waals surface area (Å²) in [6, 6.07) is 14.4. The molecule has 4 nitrogen and oxygen atoms in total. The van der Waals surface area contributed by atoms with Gasteiger partial charge in [-0.25, -0.2) is 0 Å². The first kappa shape index (κ1) is 19.7. The number of fused-ring (bicyclic) bond motifs is 1. The zero-order valence-electron chi connectivity index (χ0n) is 17.1. The van der Waals surface area contributed by atoms with Crippen LogP contribution in [0.1, 0.15) is 44.1 Å². The molecule has 29 heavy (non-hydrogen) atoms. The lowest BCUT2D eigenvalue weighted by Crippen LogP contribution is -2.44. The molecule has 0 N–H and O–H groups in total. The minimum atomic E-state index is 0.0404. The van der Waals surface area contributed by atoms with Gasteiger partial charge in [-0.15, -0.1) is 0 Å². The summed E-state index contributed by atoms with van der Waals surface area (Å²) in [4.78, 5) is 29.4. The molecule has 0 atom stereocenters. The van der Waals surface area contributed by atoms with Gasteiger partial charge in [0.1, 0.15) is 0 Å². The lowest BCUT2D eigenvalue weighted by molar-refractivity contribution is -0.139. The summed E-state index contributed by atoms with van der Waals surface area (Å²) in [6.07, 6.45) is 9.88. The molecule has 2 aromatic carbocycles. The molecule has 2 saturated heterocycles. The van der Waals surface area contributed by atoms with Gasteiger partial charge in [-0.1, -0.05) is 55.3 Å². The molecule has 2 fully saturated rings. The molecule has 2 aromatic rings. The molecular weight excluding hydrogens is 360 g/mol. The Labute approximate surface area is 173 Å². The first-order chi connectivity index (χ1) is 14.2. The molecule has 0 aliphatic carbocycles. The average Bonchev–Trinajstić information content (AvgIpc) is 3.06. The Bertz CT molecular complexity index is 883. The van der Waals surface area contributed by atoms with E-state index in [1.54, 1.807) is 6.08 Å². The maximum absolute atomic E-state index is 12.8. The molecule has 0 spiro atoms. The molecule has 2 aliphatic rings. The van der Waals surface area contributed by atoms with Crippen molar-refractivity contribution < 1.29 is 9.59 Å². The van der Waals surface area contributed by atoms with Crippen LogP contribution in [0.5, 0.6) is 0 Å². The Morgan fingerprint density at radius 3 is 2.24 bits per heavy atom. The van der Waals surface area contributed by atoms with Gasteiger partial charge in [0, 0.05) is 38.2 Å². The molecule has 0 bridgehead atoms. The predicted octanol–water partition coefficient (Wildman–Crippen LogP) is 4.49. The molecule has 0 saturated carbocycles. The van der Waals surface area contributed by atoms with Crippen molar-refractivity contribution in [3.8, 4) is 0 Å². The van der Waals surface area contributed by atoms with Crippen LogP contribution >= 0.6 is 0 Å². The van der Waals surface area contributed by atoms with Gasteiger partial charge in [0.2, 0.25) is 11.8 Å². The lowest BCUT2D eigenvalue weighted by atomic mass is 9.95. The highest BCUT2D eigenvalue weighted by Gasteiger charge is 2.29. The number of benzene rings is 2. The number of likely N-dealkylation sites (tertiary alicyclic amines) is 2. The zero-order valence-corrected chi connectivity index (χ0v) is 17.1. The third kappa shape index (κ3) is 4.69. The largest absolute Gasteiger partial charge is 0.342 e. The summed E-state index contributed by atoms with van der Waals surface area (Å²) < 4.78 is 0. The smallest absolute Gasteiger partial charge is 0.246 e. The maximum atomic E-state index is 12.8. The van der Waals surface area contributed by atoms with E-state index in [-0.39, 0.29) is 11.8 Å². The van der Waals surface area contributed by atoms with Gasteiger partial charge in [-0.2, -0.15) is 0 Å². The van der Waals surface area contributed by atoms with Crippen LogP contribution in [0.15, 0.2) is 48.5 Å². The van der Waals surface area contributed by atoms with Crippen LogP contribution in [0.4, 0.5) is 0 Å². The number of rotatable bonds is 3. The zero-order chi connectivity index (χ0) is 20.1. The molecule has 2 heterocycles. The van der Waals surface area contributed by atoms with Crippen molar-refractivity contribution in [3.63, 3.8) is 0 Å². The van der Waals surface area contributed by atoms with Crippen molar-refractivity contribution in [1.82, 2.24) is 9.80 Å². The van der Waals surface area contributed by atoms with E-state index in [4.69, 9.17) is 0 Å². The molecule has 4 rings (SSSR count). The minimum absolute atomic E-state index is 0.0404. The average molecular weight is 391 g/mol. The third-order valence-electron chi connectivity index (χ3n) is 6.30. The topological polar surface area (TPSA) is 40.6 Å². The maximum Gasteiger partial charge on any atom is 0.246 e. The number of carbonyl (C=O) groups is 2. The van der Waals surface area contributed by atoms with Crippen molar-refractivity contribution >= 4 is 28.7 Å². The fraction of sp³-hybridized carbons (Fsp3) is 0.440. The predicted molar refractivity (Wildman–Crippen MR) is 117 cm³/mol. The fourth-order valence-corrected chi connectivity index (χ4v) is 4.56. The number of hydrogen-bond donors (Lipinski definition) is 0. The van der Waals surface area contributed by atoms with E-state index in [1.807, 2.05) is 35.2 Å². The highest BCUT2D eigenvalue weighted by molar-refractivity contribution is 5.96. The summed E-state index contributed by atoms with van der Waals surface area (Å²) in [5.41, 5.74) is 1.06. The van der Waals surface area contributed by atoms with Crippen LogP contribution in [0.3, 0.4) is 0 Å². The third-order valence-corrected chi connectivity index (χ3v) is 6.30. The van der Waals surface area contributed by atoms with E-state index < -0.39 is 0 Å². The summed E-state index contributed by atoms with van der Waals surface area (Å²) in [6.45, 7) is 3.16. The van der Waals surface area contributed by atoms with Crippen molar-refractivity contribution in [3.05, 3.63) is 54.1 Å². The van der Waals surface area contributed by atoms with E-state index in [1.165, 1.54) is 18.2 Å². The molecule has 0 aromatic heterocycles. The van der Waals surface area contributed by atoms with Crippen LogP contribution in [-0.2, 0) is 9.59 Å². The Kier molecular flexibility index (Phi) is 6.28. The van der Waals surface area contributed by atoms with E-state index in [2.05, 4.69) is 23.1 Å². The van der Waals surface area contributed by atoms with Gasteiger partial charge in [0.25, 0.3) is 0 Å². The normalized spacial score (nSPS) is 18.9. The molecular formula is C25H30N2O2. The number of amides is 2. The molecule has 2 amide bonds. The van der Waals surface area contributed by atoms with E-state index in [0.717, 1.165) is 49.7 Å². The Balaban J connectivity index is 1.34. The first-order valence-electron chi connectivity index (χ1n) is 11.0. The van der Waals surface area contributed by atoms with Crippen molar-refractivity contribution in [2.45, 2.75) is 38.5 Å². The van der Waals surface area contributed by atoms with Gasteiger partial charge < -0.3 is 9.80 Å². The second-order valence-electron chi connectivity index (χ2n) is 8.24. The molecule has 0 radical (unpaired) electrons. The van der Waals surface area contributed by atoms with Crippen molar-refractivity contribution in [1.29, 1.82) is 0 Å². The molecule has 2 aliphatic heterocycles. The Morgan fingerprint density at radius 1 is 0.793 bits per heavy atom. The highest BCUT2D eigenvalue weighted by Crippen LogP contribution is 2.23. The van der Waals surface area contributed by atoms with Crippen LogP contribution in [0.25, 0.3) is 16.8 Å². The number of piperidine rings is 1. The highest BCUT2D eigenvalue weighted by atomic mass is 16.2. The van der Waals surface area contributed by atoms with Crippen molar-refractivity contribution in [2.24, 2.45) is 5.92 Å². The van der Waals surface area contributed by atoms with E-state index in [9.17, 15) is 9.59 Å². The second kappa shape index (κ2) is 9.25. The quantitative estimate of drug-likeness (QED) is 0.725. The number of carbonyl (C=O) groups excluding carboxylic acids is 2.